The van der Waals surface area contributed by atoms with Gasteiger partial charge in [0, 0.05) is 31.0 Å². The van der Waals surface area contributed by atoms with Crippen molar-refractivity contribution < 1.29 is 69.2 Å². The molecular weight excluding hydrogens is 616 g/mol. The average Bonchev–Trinajstić information content (AvgIpc) is 2.96. The van der Waals surface area contributed by atoms with Crippen LogP contribution in [-0.4, -0.2) is 113 Å². The maximum Gasteiger partial charge on any atom is 0.326 e. The molecule has 1 aliphatic heterocycles. The van der Waals surface area contributed by atoms with Crippen LogP contribution in [-0.2, 0) is 30.3 Å². The molecule has 1 aromatic heterocycles. The minimum atomic E-state index is -1.81. The Morgan fingerprint density at radius 2 is 1.61 bits per heavy atom. The summed E-state index contributed by atoms with van der Waals surface area (Å²) >= 11 is 0. The number of carboxylic acids is 3. The highest BCUT2D eigenvalue weighted by Gasteiger charge is 2.46. The number of carboxylic acid groups (broad SMARTS) is 3. The Morgan fingerprint density at radius 3 is 2.20 bits per heavy atom. The lowest BCUT2D eigenvalue weighted by Gasteiger charge is -2.40. The Labute approximate surface area is 260 Å². The van der Waals surface area contributed by atoms with Crippen molar-refractivity contribution in [1.82, 2.24) is 5.32 Å². The van der Waals surface area contributed by atoms with Crippen molar-refractivity contribution in [1.29, 1.82) is 0 Å². The number of nitrogens with one attached hydrogen (secondary N) is 1. The first-order valence-corrected chi connectivity index (χ1v) is 14.1. The molecule has 17 nitrogen and oxygen atoms in total. The normalized spacial score (nSPS) is 23.1. The molecule has 9 N–H and O–H groups in total. The van der Waals surface area contributed by atoms with Gasteiger partial charge >= 0.3 is 17.9 Å². The van der Waals surface area contributed by atoms with Crippen molar-refractivity contribution in [2.24, 2.45) is 4.99 Å². The van der Waals surface area contributed by atoms with Gasteiger partial charge < -0.3 is 55.3 Å². The highest BCUT2D eigenvalue weighted by atomic mass is 16.5. The van der Waals surface area contributed by atoms with Gasteiger partial charge in [-0.1, -0.05) is 0 Å². The molecule has 0 aliphatic carbocycles. The number of carbonyl (C=O) groups is 4. The first-order chi connectivity index (χ1) is 21.5. The van der Waals surface area contributed by atoms with Crippen molar-refractivity contribution in [2.45, 2.75) is 88.6 Å². The molecule has 1 aliphatic rings. The fourth-order valence-corrected chi connectivity index (χ4v) is 5.15. The average molecular weight is 653 g/mol. The molecule has 1 amide bonds. The summed E-state index contributed by atoms with van der Waals surface area (Å²) in [5, 5.41) is 81.2. The summed E-state index contributed by atoms with van der Waals surface area (Å²) in [4.78, 5) is 64.0. The van der Waals surface area contributed by atoms with Gasteiger partial charge in [-0.05, 0) is 38.3 Å². The van der Waals surface area contributed by atoms with E-state index in [2.05, 4.69) is 10.3 Å². The minimum Gasteiger partial charge on any atom is -0.507 e. The van der Waals surface area contributed by atoms with Gasteiger partial charge in [-0.15, -0.1) is 0 Å². The van der Waals surface area contributed by atoms with Gasteiger partial charge in [0.05, 0.1) is 17.6 Å². The number of aliphatic imine (C=N–C) groups is 1. The van der Waals surface area contributed by atoms with E-state index in [1.807, 2.05) is 0 Å². The lowest BCUT2D eigenvalue weighted by atomic mass is 9.89. The Balaban J connectivity index is 2.01. The number of ether oxygens (including phenoxy) is 1. The van der Waals surface area contributed by atoms with Crippen molar-refractivity contribution in [3.8, 4) is 5.75 Å². The van der Waals surface area contributed by atoms with Crippen LogP contribution >= 0.6 is 0 Å². The zero-order valence-electron chi connectivity index (χ0n) is 24.8. The molecule has 1 aromatic carbocycles. The standard InChI is InChI=1S/C29H36N2O15/c1-11-7-16(33)22(27-25(41)24(40)23(39)18(10-32)46-27)26-21(11)17(34)9-13(45-26)8-12(2)30-14(3-5-19(35)36)28(42)31-15(29(43)44)4-6-20(37)38/h7,9,14-15,18,23-25,27,32-33,39-41H,3-6,8,10H2,1-2H3,(H,31,42)(H,35,36)(H,37,38)(H,43,44). The Bertz CT molecular complexity index is 1570. The van der Waals surface area contributed by atoms with E-state index in [0.29, 0.717) is 0 Å². The summed E-state index contributed by atoms with van der Waals surface area (Å²) in [5.41, 5.74) is -0.648. The third-order valence-electron chi connectivity index (χ3n) is 7.45. The second kappa shape index (κ2) is 15.2. The van der Waals surface area contributed by atoms with Crippen molar-refractivity contribution in [3.05, 3.63) is 39.2 Å². The highest BCUT2D eigenvalue weighted by molar-refractivity contribution is 5.92. The molecular formula is C29H36N2O15. The van der Waals surface area contributed by atoms with E-state index in [-0.39, 0.29) is 46.4 Å². The molecule has 46 heavy (non-hydrogen) atoms. The predicted octanol–water partition coefficient (Wildman–Crippen LogP) is -1.01. The van der Waals surface area contributed by atoms with Crippen LogP contribution in [0, 0.1) is 6.92 Å². The van der Waals surface area contributed by atoms with Gasteiger partial charge in [-0.25, -0.2) is 4.79 Å². The van der Waals surface area contributed by atoms with Gasteiger partial charge in [0.2, 0.25) is 5.91 Å². The zero-order chi connectivity index (χ0) is 34.5. The van der Waals surface area contributed by atoms with Crippen LogP contribution in [0.25, 0.3) is 11.0 Å². The van der Waals surface area contributed by atoms with Crippen LogP contribution in [0.2, 0.25) is 0 Å². The number of rotatable bonds is 14. The third-order valence-corrected chi connectivity index (χ3v) is 7.45. The molecule has 1 saturated heterocycles. The van der Waals surface area contributed by atoms with Crippen molar-refractivity contribution in [2.75, 3.05) is 6.61 Å². The number of phenolic OH excluding ortho intramolecular Hbond substituents is 1. The number of aryl methyl sites for hydroxylation is 1. The molecule has 17 heteroatoms. The lowest BCUT2D eigenvalue weighted by Crippen LogP contribution is -2.55. The molecule has 0 bridgehead atoms. The number of aliphatic hydroxyl groups is 4. The SMILES string of the molecule is CC(Cc1cc(=O)c2c(C)cc(O)c(C3OC(CO)C(O)C(O)C3O)c2o1)=NC(CCC(=O)O)C(=O)NC(CCC(=O)O)C(=O)O. The number of hydrogen-bond donors (Lipinski definition) is 9. The summed E-state index contributed by atoms with van der Waals surface area (Å²) in [6.07, 6.45) is -10.3. The van der Waals surface area contributed by atoms with Gasteiger partial charge in [0.25, 0.3) is 0 Å². The molecule has 0 radical (unpaired) electrons. The van der Waals surface area contributed by atoms with Crippen LogP contribution in [0.15, 0.2) is 26.3 Å². The molecule has 7 atom stereocenters. The number of aliphatic carboxylic acids is 3. The maximum atomic E-state index is 13.2. The Kier molecular flexibility index (Phi) is 11.9. The quantitative estimate of drug-likeness (QED) is 0.111. The van der Waals surface area contributed by atoms with E-state index >= 15 is 0 Å². The second-order valence-electron chi connectivity index (χ2n) is 11.0. The summed E-state index contributed by atoms with van der Waals surface area (Å²) in [5.74, 6) is -5.56. The van der Waals surface area contributed by atoms with Gasteiger partial charge in [0.15, 0.2) is 5.43 Å². The number of nitrogens with zero attached hydrogens (tertiary/aromatic N) is 1. The van der Waals surface area contributed by atoms with E-state index in [9.17, 15) is 54.6 Å². The first-order valence-electron chi connectivity index (χ1n) is 14.1. The van der Waals surface area contributed by atoms with E-state index in [4.69, 9.17) is 19.4 Å². The van der Waals surface area contributed by atoms with Crippen LogP contribution in [0.4, 0.5) is 0 Å². The minimum absolute atomic E-state index is 0.0112. The van der Waals surface area contributed by atoms with Crippen LogP contribution in [0.3, 0.4) is 0 Å². The first kappa shape index (κ1) is 36.1. The molecule has 0 saturated carbocycles. The number of hydrogen-bond acceptors (Lipinski definition) is 13. The molecule has 7 unspecified atom stereocenters. The van der Waals surface area contributed by atoms with E-state index in [0.717, 1.165) is 6.07 Å². The van der Waals surface area contributed by atoms with Crippen LogP contribution < -0.4 is 10.7 Å². The number of carbonyl (C=O) groups excluding carboxylic acids is 1. The van der Waals surface area contributed by atoms with Crippen molar-refractivity contribution >= 4 is 40.5 Å². The number of aromatic hydroxyl groups is 1. The number of benzene rings is 1. The summed E-state index contributed by atoms with van der Waals surface area (Å²) in [7, 11) is 0. The Hall–Kier alpha value is -4.42. The fraction of sp³-hybridized carbons (Fsp3) is 0.517. The van der Waals surface area contributed by atoms with Crippen LogP contribution in [0.5, 0.6) is 5.75 Å². The van der Waals surface area contributed by atoms with E-state index in [1.165, 1.54) is 19.9 Å². The van der Waals surface area contributed by atoms with E-state index < -0.39 is 103 Å². The highest BCUT2D eigenvalue weighted by Crippen LogP contribution is 2.41. The number of amides is 1. The van der Waals surface area contributed by atoms with Crippen LogP contribution in [0.1, 0.15) is 55.6 Å². The number of phenols is 1. The summed E-state index contributed by atoms with van der Waals surface area (Å²) in [6, 6.07) is -0.663. The second-order valence-corrected chi connectivity index (χ2v) is 11.0. The fourth-order valence-electron chi connectivity index (χ4n) is 5.15. The predicted molar refractivity (Wildman–Crippen MR) is 156 cm³/mol. The van der Waals surface area contributed by atoms with Crippen molar-refractivity contribution in [3.63, 3.8) is 0 Å². The molecule has 1 fully saturated rings. The maximum absolute atomic E-state index is 13.2. The van der Waals surface area contributed by atoms with Gasteiger partial charge in [-0.2, -0.15) is 0 Å². The third kappa shape index (κ3) is 8.43. The molecule has 2 aromatic rings. The number of fused-ring (bicyclic) bond motifs is 1. The summed E-state index contributed by atoms with van der Waals surface area (Å²) < 4.78 is 11.6. The lowest BCUT2D eigenvalue weighted by molar-refractivity contribution is -0.231. The van der Waals surface area contributed by atoms with Gasteiger partial charge in [-0.3, -0.25) is 24.2 Å². The number of aliphatic hydroxyl groups excluding tert-OH is 4. The molecule has 0 spiro atoms. The Morgan fingerprint density at radius 1 is 0.978 bits per heavy atom. The molecule has 252 valence electrons. The molecule has 2 heterocycles. The topological polar surface area (TPSA) is 294 Å². The monoisotopic (exact) mass is 652 g/mol. The van der Waals surface area contributed by atoms with Gasteiger partial charge in [0.1, 0.15) is 59.7 Å². The largest absolute Gasteiger partial charge is 0.507 e. The summed E-state index contributed by atoms with van der Waals surface area (Å²) in [6.45, 7) is 2.19. The molecule has 3 rings (SSSR count). The smallest absolute Gasteiger partial charge is 0.326 e. The zero-order valence-corrected chi connectivity index (χ0v) is 24.8. The van der Waals surface area contributed by atoms with E-state index in [1.54, 1.807) is 0 Å².